The number of nitrogens with one attached hydrogen (secondary N) is 1. The van der Waals surface area contributed by atoms with E-state index in [9.17, 15) is 12.8 Å². The van der Waals surface area contributed by atoms with Crippen molar-refractivity contribution in [1.29, 1.82) is 0 Å². The third-order valence-corrected chi connectivity index (χ3v) is 5.03. The van der Waals surface area contributed by atoms with Crippen molar-refractivity contribution in [3.05, 3.63) is 24.0 Å². The zero-order valence-electron chi connectivity index (χ0n) is 11.6. The minimum absolute atomic E-state index is 0.109. The lowest BCUT2D eigenvalue weighted by molar-refractivity contribution is 0.332. The Morgan fingerprint density at radius 1 is 1.35 bits per heavy atom. The van der Waals surface area contributed by atoms with E-state index in [0.717, 1.165) is 31.9 Å². The van der Waals surface area contributed by atoms with Gasteiger partial charge in [0.2, 0.25) is 0 Å². The predicted molar refractivity (Wildman–Crippen MR) is 77.9 cm³/mol. The summed E-state index contributed by atoms with van der Waals surface area (Å²) in [5.41, 5.74) is 6.00. The van der Waals surface area contributed by atoms with Gasteiger partial charge in [0.1, 0.15) is 5.82 Å². The highest BCUT2D eigenvalue weighted by Crippen LogP contribution is 2.28. The summed E-state index contributed by atoms with van der Waals surface area (Å²) in [4.78, 5) is 0.126. The molecule has 0 spiro atoms. The zero-order chi connectivity index (χ0) is 14.8. The Balaban J connectivity index is 2.24. The molecule has 2 atom stereocenters. The minimum Gasteiger partial charge on any atom is -0.380 e. The normalized spacial score (nSPS) is 23.6. The van der Waals surface area contributed by atoms with Crippen LogP contribution in [-0.2, 0) is 9.84 Å². The van der Waals surface area contributed by atoms with Crippen LogP contribution in [0.15, 0.2) is 23.1 Å². The van der Waals surface area contributed by atoms with E-state index in [1.54, 1.807) is 0 Å². The van der Waals surface area contributed by atoms with Crippen LogP contribution in [0.1, 0.15) is 25.7 Å². The van der Waals surface area contributed by atoms with E-state index in [1.807, 2.05) is 0 Å². The first kappa shape index (κ1) is 15.3. The summed E-state index contributed by atoms with van der Waals surface area (Å²) in [6.07, 6.45) is 5.31. The number of hydrogen-bond acceptors (Lipinski definition) is 4. The highest BCUT2D eigenvalue weighted by atomic mass is 32.2. The van der Waals surface area contributed by atoms with E-state index >= 15 is 0 Å². The van der Waals surface area contributed by atoms with Gasteiger partial charge >= 0.3 is 0 Å². The van der Waals surface area contributed by atoms with Gasteiger partial charge in [0.15, 0.2) is 9.84 Å². The van der Waals surface area contributed by atoms with E-state index in [1.165, 1.54) is 18.2 Å². The van der Waals surface area contributed by atoms with Crippen LogP contribution in [0.2, 0.25) is 0 Å². The van der Waals surface area contributed by atoms with Gasteiger partial charge in [-0.05, 0) is 43.5 Å². The number of hydrogen-bond donors (Lipinski definition) is 2. The Morgan fingerprint density at radius 2 is 2.05 bits per heavy atom. The van der Waals surface area contributed by atoms with Gasteiger partial charge in [0, 0.05) is 12.3 Å². The third-order valence-electron chi connectivity index (χ3n) is 3.92. The van der Waals surface area contributed by atoms with Crippen molar-refractivity contribution in [2.24, 2.45) is 11.7 Å². The largest absolute Gasteiger partial charge is 0.380 e. The monoisotopic (exact) mass is 300 g/mol. The Kier molecular flexibility index (Phi) is 4.65. The molecule has 3 N–H and O–H groups in total. The molecule has 0 heterocycles. The molecular formula is C14H21FN2O2S. The van der Waals surface area contributed by atoms with Crippen molar-refractivity contribution < 1.29 is 12.8 Å². The van der Waals surface area contributed by atoms with Crippen molar-refractivity contribution in [3.8, 4) is 0 Å². The lowest BCUT2D eigenvalue weighted by Crippen LogP contribution is -2.37. The van der Waals surface area contributed by atoms with Crippen molar-refractivity contribution in [2.45, 2.75) is 36.6 Å². The molecule has 0 bridgehead atoms. The number of rotatable bonds is 4. The summed E-state index contributed by atoms with van der Waals surface area (Å²) in [7, 11) is -3.33. The molecule has 1 aliphatic rings. The summed E-state index contributed by atoms with van der Waals surface area (Å²) in [5.74, 6) is -0.121. The minimum atomic E-state index is -3.33. The predicted octanol–water partition coefficient (Wildman–Crippen LogP) is 2.16. The molecule has 1 aromatic rings. The van der Waals surface area contributed by atoms with E-state index in [2.05, 4.69) is 5.32 Å². The van der Waals surface area contributed by atoms with E-state index < -0.39 is 15.7 Å². The lowest BCUT2D eigenvalue weighted by atomic mass is 9.84. The van der Waals surface area contributed by atoms with Gasteiger partial charge in [-0.15, -0.1) is 0 Å². The van der Waals surface area contributed by atoms with Gasteiger partial charge in [-0.1, -0.05) is 12.8 Å². The number of halogens is 1. The van der Waals surface area contributed by atoms with Crippen LogP contribution in [0.5, 0.6) is 0 Å². The first-order valence-electron chi connectivity index (χ1n) is 6.88. The molecular weight excluding hydrogens is 279 g/mol. The first-order valence-corrected chi connectivity index (χ1v) is 8.77. The summed E-state index contributed by atoms with van der Waals surface area (Å²) in [6, 6.07) is 3.96. The maximum absolute atomic E-state index is 13.9. The molecule has 2 rings (SSSR count). The average molecular weight is 300 g/mol. The van der Waals surface area contributed by atoms with Gasteiger partial charge in [0.05, 0.1) is 10.6 Å². The number of nitrogens with two attached hydrogens (primary N) is 1. The van der Waals surface area contributed by atoms with Crippen LogP contribution < -0.4 is 11.1 Å². The van der Waals surface area contributed by atoms with Crippen LogP contribution in [0.25, 0.3) is 0 Å². The fraction of sp³-hybridized carbons (Fsp3) is 0.571. The summed E-state index contributed by atoms with van der Waals surface area (Å²) >= 11 is 0. The van der Waals surface area contributed by atoms with Gasteiger partial charge in [-0.3, -0.25) is 0 Å². The quantitative estimate of drug-likeness (QED) is 0.836. The zero-order valence-corrected chi connectivity index (χ0v) is 12.4. The van der Waals surface area contributed by atoms with Gasteiger partial charge in [0.25, 0.3) is 0 Å². The van der Waals surface area contributed by atoms with Crippen molar-refractivity contribution in [2.75, 3.05) is 18.1 Å². The molecule has 0 radical (unpaired) electrons. The molecule has 1 aromatic carbocycles. The number of sulfone groups is 1. The Labute approximate surface area is 119 Å². The van der Waals surface area contributed by atoms with Crippen molar-refractivity contribution >= 4 is 15.5 Å². The third kappa shape index (κ3) is 3.49. The van der Waals surface area contributed by atoms with Crippen molar-refractivity contribution in [3.63, 3.8) is 0 Å². The summed E-state index contributed by atoms with van der Waals surface area (Å²) in [6.45, 7) is 0.561. The fourth-order valence-corrected chi connectivity index (χ4v) is 3.37. The molecule has 0 amide bonds. The van der Waals surface area contributed by atoms with Crippen molar-refractivity contribution in [1.82, 2.24) is 0 Å². The number of benzene rings is 1. The van der Waals surface area contributed by atoms with Crippen LogP contribution in [0.4, 0.5) is 10.1 Å². The Morgan fingerprint density at radius 3 is 2.70 bits per heavy atom. The van der Waals surface area contributed by atoms with Crippen LogP contribution >= 0.6 is 0 Å². The van der Waals surface area contributed by atoms with Gasteiger partial charge in [-0.2, -0.15) is 0 Å². The second kappa shape index (κ2) is 6.10. The smallest absolute Gasteiger partial charge is 0.175 e. The standard InChI is InChI=1S/C14H21FN2O2S/c1-20(18,19)11-6-7-12(15)14(8-11)17-13-5-3-2-4-10(13)9-16/h6-8,10,13,17H,2-5,9,16H2,1H3. The number of anilines is 1. The van der Waals surface area contributed by atoms with Gasteiger partial charge < -0.3 is 11.1 Å². The van der Waals surface area contributed by atoms with Crippen LogP contribution in [-0.4, -0.2) is 27.3 Å². The maximum atomic E-state index is 13.9. The van der Waals surface area contributed by atoms with Crippen LogP contribution in [0.3, 0.4) is 0 Å². The Hall–Kier alpha value is -1.14. The topological polar surface area (TPSA) is 72.2 Å². The molecule has 1 aliphatic carbocycles. The molecule has 2 unspecified atom stereocenters. The van der Waals surface area contributed by atoms with E-state index in [-0.39, 0.29) is 16.6 Å². The highest BCUT2D eigenvalue weighted by molar-refractivity contribution is 7.90. The fourth-order valence-electron chi connectivity index (χ4n) is 2.73. The van der Waals surface area contributed by atoms with E-state index in [4.69, 9.17) is 5.73 Å². The highest BCUT2D eigenvalue weighted by Gasteiger charge is 2.24. The molecule has 20 heavy (non-hydrogen) atoms. The SMILES string of the molecule is CS(=O)(=O)c1ccc(F)c(NC2CCCCC2CN)c1. The average Bonchev–Trinajstić information content (AvgIpc) is 2.40. The maximum Gasteiger partial charge on any atom is 0.175 e. The first-order chi connectivity index (χ1) is 9.41. The molecule has 6 heteroatoms. The molecule has 1 saturated carbocycles. The summed E-state index contributed by atoms with van der Waals surface area (Å²) < 4.78 is 36.9. The second-order valence-electron chi connectivity index (χ2n) is 5.44. The molecule has 0 saturated heterocycles. The second-order valence-corrected chi connectivity index (χ2v) is 7.46. The summed E-state index contributed by atoms with van der Waals surface area (Å²) in [5, 5.41) is 3.14. The molecule has 0 aliphatic heterocycles. The molecule has 4 nitrogen and oxygen atoms in total. The molecule has 112 valence electrons. The molecule has 1 fully saturated rings. The lowest BCUT2D eigenvalue weighted by Gasteiger charge is -2.32. The van der Waals surface area contributed by atoms with Crippen LogP contribution in [0, 0.1) is 11.7 Å². The van der Waals surface area contributed by atoms with E-state index in [0.29, 0.717) is 12.5 Å². The Bertz CT molecular complexity index is 575. The molecule has 0 aromatic heterocycles. The van der Waals surface area contributed by atoms with Gasteiger partial charge in [-0.25, -0.2) is 12.8 Å².